The molecule has 3 amide bonds. The van der Waals surface area contributed by atoms with Crippen LogP contribution in [0.15, 0.2) is 18.2 Å². The highest BCUT2D eigenvalue weighted by atomic mass is 16.5. The van der Waals surface area contributed by atoms with Gasteiger partial charge in [-0.1, -0.05) is 6.07 Å². The molecule has 0 bridgehead atoms. The van der Waals surface area contributed by atoms with Crippen molar-refractivity contribution in [2.45, 2.75) is 38.8 Å². The van der Waals surface area contributed by atoms with Crippen LogP contribution in [-0.2, 0) is 4.79 Å². The van der Waals surface area contributed by atoms with Crippen molar-refractivity contribution in [3.8, 4) is 5.75 Å². The van der Waals surface area contributed by atoms with Crippen LogP contribution in [-0.4, -0.2) is 58.7 Å². The normalized spacial score (nSPS) is 21.8. The van der Waals surface area contributed by atoms with E-state index in [0.717, 1.165) is 28.9 Å². The molecule has 1 N–H and O–H groups in total. The molecule has 6 heteroatoms. The van der Waals surface area contributed by atoms with E-state index in [1.807, 2.05) is 32.0 Å². The number of β-amino-alcohol motifs (C(OH)–C–C–N with tert-alkyl or cyclic N) is 1. The highest BCUT2D eigenvalue weighted by Gasteiger charge is 2.47. The van der Waals surface area contributed by atoms with Gasteiger partial charge < -0.3 is 14.7 Å². The summed E-state index contributed by atoms with van der Waals surface area (Å²) in [7, 11) is 0. The van der Waals surface area contributed by atoms with Gasteiger partial charge >= 0.3 is 6.03 Å². The topological polar surface area (TPSA) is 70.1 Å². The minimum atomic E-state index is -0.899. The van der Waals surface area contributed by atoms with E-state index in [9.17, 15) is 14.7 Å². The fourth-order valence-corrected chi connectivity index (χ4v) is 3.32. The smallest absolute Gasteiger partial charge is 0.327 e. The van der Waals surface area contributed by atoms with Crippen molar-refractivity contribution in [2.24, 2.45) is 0 Å². The molecular weight excluding hydrogens is 296 g/mol. The van der Waals surface area contributed by atoms with Crippen molar-refractivity contribution >= 4 is 11.9 Å². The minimum absolute atomic E-state index is 0.0184. The third-order valence-electron chi connectivity index (χ3n) is 4.31. The van der Waals surface area contributed by atoms with E-state index in [1.165, 1.54) is 0 Å². The molecule has 0 aromatic heterocycles. The van der Waals surface area contributed by atoms with Crippen LogP contribution < -0.4 is 4.74 Å². The lowest BCUT2D eigenvalue weighted by molar-refractivity contribution is -0.129. The third kappa shape index (κ3) is 3.17. The van der Waals surface area contributed by atoms with Gasteiger partial charge in [-0.15, -0.1) is 0 Å². The molecule has 2 atom stereocenters. The molecule has 0 spiro atoms. The van der Waals surface area contributed by atoms with Gasteiger partial charge in [-0.25, -0.2) is 4.79 Å². The molecule has 6 nitrogen and oxygen atoms in total. The summed E-state index contributed by atoms with van der Waals surface area (Å²) in [4.78, 5) is 27.1. The Labute approximate surface area is 135 Å². The number of imide groups is 1. The minimum Gasteiger partial charge on any atom is -0.491 e. The van der Waals surface area contributed by atoms with Crippen LogP contribution in [0.2, 0.25) is 0 Å². The van der Waals surface area contributed by atoms with Crippen LogP contribution >= 0.6 is 0 Å². The number of aliphatic hydroxyl groups excluding tert-OH is 1. The predicted octanol–water partition coefficient (Wildman–Crippen LogP) is 1.47. The molecule has 2 fully saturated rings. The fraction of sp³-hybridized carbons (Fsp3) is 0.529. The highest BCUT2D eigenvalue weighted by Crippen LogP contribution is 2.27. The van der Waals surface area contributed by atoms with Gasteiger partial charge in [0.1, 0.15) is 24.5 Å². The van der Waals surface area contributed by atoms with Gasteiger partial charge in [0.15, 0.2) is 0 Å². The second-order valence-electron chi connectivity index (χ2n) is 6.37. The van der Waals surface area contributed by atoms with E-state index < -0.39 is 6.10 Å². The maximum atomic E-state index is 12.2. The zero-order valence-electron chi connectivity index (χ0n) is 13.5. The molecule has 0 unspecified atom stereocenters. The largest absolute Gasteiger partial charge is 0.491 e. The van der Waals surface area contributed by atoms with Crippen molar-refractivity contribution in [2.75, 3.05) is 19.7 Å². The second-order valence-corrected chi connectivity index (χ2v) is 6.37. The Morgan fingerprint density at radius 2 is 1.96 bits per heavy atom. The molecule has 2 aliphatic rings. The number of hydrogen-bond donors (Lipinski definition) is 1. The summed E-state index contributed by atoms with van der Waals surface area (Å²) in [5.41, 5.74) is 2.17. The maximum absolute atomic E-state index is 12.2. The van der Waals surface area contributed by atoms with Crippen LogP contribution in [0.25, 0.3) is 0 Å². The molecule has 0 saturated carbocycles. The Balaban J connectivity index is 1.56. The summed E-state index contributed by atoms with van der Waals surface area (Å²) >= 11 is 0. The lowest BCUT2D eigenvalue weighted by Gasteiger charge is -2.19. The van der Waals surface area contributed by atoms with Crippen molar-refractivity contribution in [1.82, 2.24) is 9.80 Å². The number of fused-ring (bicyclic) bond motifs is 1. The van der Waals surface area contributed by atoms with Crippen molar-refractivity contribution in [3.63, 3.8) is 0 Å². The zero-order valence-corrected chi connectivity index (χ0v) is 13.5. The van der Waals surface area contributed by atoms with E-state index in [0.29, 0.717) is 12.3 Å². The van der Waals surface area contributed by atoms with Crippen LogP contribution in [0.4, 0.5) is 4.79 Å². The molecule has 0 aliphatic carbocycles. The SMILES string of the molecule is Cc1cc(C)cc(OC[C@H](O)CN2C(=O)[C@H]3CCCN3C2=O)c1. The van der Waals surface area contributed by atoms with Gasteiger partial charge in [0.05, 0.1) is 6.54 Å². The summed E-state index contributed by atoms with van der Waals surface area (Å²) < 4.78 is 5.59. The van der Waals surface area contributed by atoms with Gasteiger partial charge in [-0.05, 0) is 49.9 Å². The van der Waals surface area contributed by atoms with Crippen molar-refractivity contribution in [3.05, 3.63) is 29.3 Å². The first-order valence-corrected chi connectivity index (χ1v) is 7.97. The van der Waals surface area contributed by atoms with Gasteiger partial charge in [0.25, 0.3) is 5.91 Å². The highest BCUT2D eigenvalue weighted by molar-refractivity contribution is 6.04. The molecule has 3 rings (SSSR count). The lowest BCUT2D eigenvalue weighted by atomic mass is 10.1. The van der Waals surface area contributed by atoms with Crippen molar-refractivity contribution in [1.29, 1.82) is 0 Å². The monoisotopic (exact) mass is 318 g/mol. The Kier molecular flexibility index (Phi) is 4.26. The molecule has 2 saturated heterocycles. The lowest BCUT2D eigenvalue weighted by Crippen LogP contribution is -2.41. The van der Waals surface area contributed by atoms with Gasteiger partial charge in [-0.2, -0.15) is 0 Å². The molecule has 0 radical (unpaired) electrons. The summed E-state index contributed by atoms with van der Waals surface area (Å²) in [6, 6.07) is 5.21. The molecule has 2 aliphatic heterocycles. The van der Waals surface area contributed by atoms with Gasteiger partial charge in [0, 0.05) is 6.54 Å². The van der Waals surface area contributed by atoms with E-state index in [-0.39, 0.29) is 31.1 Å². The molecular formula is C17H22N2O4. The molecule has 1 aromatic carbocycles. The predicted molar refractivity (Wildman–Crippen MR) is 84.3 cm³/mol. The number of rotatable bonds is 5. The van der Waals surface area contributed by atoms with E-state index >= 15 is 0 Å². The Morgan fingerprint density at radius 1 is 1.26 bits per heavy atom. The third-order valence-corrected chi connectivity index (χ3v) is 4.31. The van der Waals surface area contributed by atoms with Crippen LogP contribution in [0.1, 0.15) is 24.0 Å². The van der Waals surface area contributed by atoms with E-state index in [2.05, 4.69) is 0 Å². The number of benzene rings is 1. The standard InChI is InChI=1S/C17H22N2O4/c1-11-6-12(2)8-14(7-11)23-10-13(20)9-19-16(21)15-4-3-5-18(15)17(19)22/h6-8,13,15,20H,3-5,9-10H2,1-2H3/t13-,15-/m1/s1. The van der Waals surface area contributed by atoms with Crippen LogP contribution in [0.3, 0.4) is 0 Å². The van der Waals surface area contributed by atoms with Crippen molar-refractivity contribution < 1.29 is 19.4 Å². The Bertz CT molecular complexity index is 589. The molecule has 124 valence electrons. The first-order chi connectivity index (χ1) is 11.0. The Morgan fingerprint density at radius 3 is 2.61 bits per heavy atom. The zero-order chi connectivity index (χ0) is 16.6. The van der Waals surface area contributed by atoms with Crippen LogP contribution in [0, 0.1) is 13.8 Å². The number of nitrogens with zero attached hydrogens (tertiary/aromatic N) is 2. The molecule has 23 heavy (non-hydrogen) atoms. The summed E-state index contributed by atoms with van der Waals surface area (Å²) in [6.07, 6.45) is 0.689. The average molecular weight is 318 g/mol. The molecule has 2 heterocycles. The second kappa shape index (κ2) is 6.20. The summed E-state index contributed by atoms with van der Waals surface area (Å²) in [6.45, 7) is 4.61. The number of hydrogen-bond acceptors (Lipinski definition) is 4. The number of aryl methyl sites for hydroxylation is 2. The molecule has 1 aromatic rings. The maximum Gasteiger partial charge on any atom is 0.327 e. The van der Waals surface area contributed by atoms with Gasteiger partial charge in [-0.3, -0.25) is 9.69 Å². The number of aliphatic hydroxyl groups is 1. The fourth-order valence-electron chi connectivity index (χ4n) is 3.32. The van der Waals surface area contributed by atoms with Crippen LogP contribution in [0.5, 0.6) is 5.75 Å². The van der Waals surface area contributed by atoms with E-state index in [1.54, 1.807) is 4.90 Å². The number of carbonyl (C=O) groups is 2. The number of urea groups is 1. The summed E-state index contributed by atoms with van der Waals surface area (Å²) in [5, 5.41) is 10.1. The first kappa shape index (κ1) is 15.8. The van der Waals surface area contributed by atoms with Gasteiger partial charge in [0.2, 0.25) is 0 Å². The number of carbonyl (C=O) groups excluding carboxylic acids is 2. The Hall–Kier alpha value is -2.08. The quantitative estimate of drug-likeness (QED) is 0.835. The summed E-state index contributed by atoms with van der Waals surface area (Å²) in [5.74, 6) is 0.485. The van der Waals surface area contributed by atoms with E-state index in [4.69, 9.17) is 4.74 Å². The average Bonchev–Trinajstić information content (AvgIpc) is 3.04. The first-order valence-electron chi connectivity index (χ1n) is 7.97. The number of ether oxygens (including phenoxy) is 1. The number of amides is 3.